The van der Waals surface area contributed by atoms with Gasteiger partial charge in [-0.1, -0.05) is 24.3 Å². The number of aromatic nitrogens is 1. The van der Waals surface area contributed by atoms with Crippen LogP contribution in [0.25, 0.3) is 10.9 Å². The van der Waals surface area contributed by atoms with Gasteiger partial charge in [0, 0.05) is 24.7 Å². The maximum absolute atomic E-state index is 10.5. The summed E-state index contributed by atoms with van der Waals surface area (Å²) >= 11 is 0. The molecule has 2 aromatic rings. The largest absolute Gasteiger partial charge is 0.370 e. The Kier molecular flexibility index (Phi) is 4.83. The van der Waals surface area contributed by atoms with E-state index >= 15 is 0 Å². The number of hydrogen-bond donors (Lipinski definition) is 2. The number of amides is 1. The van der Waals surface area contributed by atoms with Gasteiger partial charge in [-0.25, -0.2) is 0 Å². The van der Waals surface area contributed by atoms with Crippen molar-refractivity contribution < 1.29 is 9.53 Å². The number of para-hydroxylation sites is 1. The number of nitrogens with two attached hydrogens (primary N) is 1. The molecule has 0 aliphatic carbocycles. The lowest BCUT2D eigenvalue weighted by Crippen LogP contribution is -2.23. The third-order valence-electron chi connectivity index (χ3n) is 2.70. The highest BCUT2D eigenvalue weighted by atomic mass is 16.5. The van der Waals surface area contributed by atoms with Crippen LogP contribution >= 0.6 is 0 Å². The minimum Gasteiger partial charge on any atom is -0.370 e. The van der Waals surface area contributed by atoms with Crippen molar-refractivity contribution in [1.82, 2.24) is 10.3 Å². The smallest absolute Gasteiger partial charge is 0.243 e. The second kappa shape index (κ2) is 6.82. The maximum Gasteiger partial charge on any atom is 0.243 e. The van der Waals surface area contributed by atoms with E-state index in [1.54, 1.807) is 6.20 Å². The number of nitrogens with zero attached hydrogens (tertiary/aromatic N) is 1. The fourth-order valence-electron chi connectivity index (χ4n) is 1.85. The van der Waals surface area contributed by atoms with Crippen LogP contribution in [-0.4, -0.2) is 30.6 Å². The van der Waals surface area contributed by atoms with Gasteiger partial charge in [0.05, 0.1) is 12.1 Å². The van der Waals surface area contributed by atoms with E-state index in [-0.39, 0.29) is 6.61 Å². The fourth-order valence-corrected chi connectivity index (χ4v) is 1.85. The Morgan fingerprint density at radius 2 is 2.16 bits per heavy atom. The second-order valence-electron chi connectivity index (χ2n) is 4.19. The first-order valence-corrected chi connectivity index (χ1v) is 6.17. The molecule has 1 heterocycles. The van der Waals surface area contributed by atoms with Crippen molar-refractivity contribution in [2.75, 3.05) is 19.8 Å². The lowest BCUT2D eigenvalue weighted by atomic mass is 10.1. The summed E-state index contributed by atoms with van der Waals surface area (Å²) in [5.74, 6) is -0.446. The van der Waals surface area contributed by atoms with Crippen molar-refractivity contribution in [3.8, 4) is 0 Å². The molecule has 0 radical (unpaired) electrons. The zero-order chi connectivity index (χ0) is 13.5. The van der Waals surface area contributed by atoms with E-state index in [2.05, 4.69) is 10.3 Å². The van der Waals surface area contributed by atoms with E-state index in [4.69, 9.17) is 10.5 Å². The number of pyridine rings is 1. The number of primary amides is 1. The van der Waals surface area contributed by atoms with Crippen LogP contribution < -0.4 is 11.1 Å². The molecule has 0 bridgehead atoms. The molecule has 1 aromatic heterocycles. The summed E-state index contributed by atoms with van der Waals surface area (Å²) in [5.41, 5.74) is 7.12. The van der Waals surface area contributed by atoms with Gasteiger partial charge in [0.25, 0.3) is 0 Å². The van der Waals surface area contributed by atoms with E-state index in [0.29, 0.717) is 19.7 Å². The molecule has 3 N–H and O–H groups in total. The molecule has 0 saturated carbocycles. The lowest BCUT2D eigenvalue weighted by Gasteiger charge is -2.07. The van der Waals surface area contributed by atoms with Crippen LogP contribution in [0.15, 0.2) is 36.5 Å². The van der Waals surface area contributed by atoms with Gasteiger partial charge < -0.3 is 15.8 Å². The Morgan fingerprint density at radius 1 is 1.32 bits per heavy atom. The van der Waals surface area contributed by atoms with Gasteiger partial charge in [-0.3, -0.25) is 9.78 Å². The fraction of sp³-hybridized carbons (Fsp3) is 0.286. The average Bonchev–Trinajstić information content (AvgIpc) is 2.42. The highest BCUT2D eigenvalue weighted by Gasteiger charge is 2.01. The van der Waals surface area contributed by atoms with Gasteiger partial charge in [0.15, 0.2) is 0 Å². The molecule has 1 aromatic carbocycles. The summed E-state index contributed by atoms with van der Waals surface area (Å²) < 4.78 is 5.07. The van der Waals surface area contributed by atoms with Gasteiger partial charge in [-0.05, 0) is 11.6 Å². The molecule has 0 atom stereocenters. The Morgan fingerprint density at radius 3 is 3.00 bits per heavy atom. The number of carbonyl (C=O) groups is 1. The third-order valence-corrected chi connectivity index (χ3v) is 2.70. The van der Waals surface area contributed by atoms with Crippen molar-refractivity contribution in [2.24, 2.45) is 5.73 Å². The van der Waals surface area contributed by atoms with Crippen LogP contribution in [0.3, 0.4) is 0 Å². The van der Waals surface area contributed by atoms with Gasteiger partial charge in [0.2, 0.25) is 5.91 Å². The molecule has 19 heavy (non-hydrogen) atoms. The number of benzene rings is 1. The van der Waals surface area contributed by atoms with Crippen LogP contribution in [0.2, 0.25) is 0 Å². The van der Waals surface area contributed by atoms with Crippen molar-refractivity contribution in [3.63, 3.8) is 0 Å². The summed E-state index contributed by atoms with van der Waals surface area (Å²) in [6.07, 6.45) is 1.79. The third kappa shape index (κ3) is 4.01. The SMILES string of the molecule is NC(=O)COCCNCc1cccc2cccnc12. The summed E-state index contributed by atoms with van der Waals surface area (Å²) in [6, 6.07) is 10.1. The molecule has 0 spiro atoms. The highest BCUT2D eigenvalue weighted by Crippen LogP contribution is 2.15. The number of ether oxygens (including phenoxy) is 1. The van der Waals surface area contributed by atoms with Gasteiger partial charge in [-0.2, -0.15) is 0 Å². The summed E-state index contributed by atoms with van der Waals surface area (Å²) in [7, 11) is 0. The number of carbonyl (C=O) groups excluding carboxylic acids is 1. The van der Waals surface area contributed by atoms with E-state index in [1.165, 1.54) is 0 Å². The van der Waals surface area contributed by atoms with Crippen LogP contribution in [0, 0.1) is 0 Å². The van der Waals surface area contributed by atoms with E-state index in [9.17, 15) is 4.79 Å². The van der Waals surface area contributed by atoms with Gasteiger partial charge >= 0.3 is 0 Å². The first-order chi connectivity index (χ1) is 9.27. The molecule has 0 aliphatic rings. The van der Waals surface area contributed by atoms with Crippen LogP contribution in [0.1, 0.15) is 5.56 Å². The van der Waals surface area contributed by atoms with Crippen LogP contribution in [0.5, 0.6) is 0 Å². The topological polar surface area (TPSA) is 77.2 Å². The van der Waals surface area contributed by atoms with Crippen molar-refractivity contribution >= 4 is 16.8 Å². The number of nitrogens with one attached hydrogen (secondary N) is 1. The summed E-state index contributed by atoms with van der Waals surface area (Å²) in [4.78, 5) is 14.9. The highest BCUT2D eigenvalue weighted by molar-refractivity contribution is 5.81. The number of rotatable bonds is 7. The first kappa shape index (κ1) is 13.5. The Balaban J connectivity index is 1.83. The molecule has 5 heteroatoms. The predicted molar refractivity (Wildman–Crippen MR) is 73.5 cm³/mol. The van der Waals surface area contributed by atoms with Crippen molar-refractivity contribution in [1.29, 1.82) is 0 Å². The van der Waals surface area contributed by atoms with Crippen LogP contribution in [0.4, 0.5) is 0 Å². The zero-order valence-corrected chi connectivity index (χ0v) is 10.6. The minimum atomic E-state index is -0.446. The molecule has 0 saturated heterocycles. The molecule has 0 fully saturated rings. The molecular formula is C14H17N3O2. The molecule has 1 amide bonds. The zero-order valence-electron chi connectivity index (χ0n) is 10.6. The Bertz CT molecular complexity index is 552. The van der Waals surface area contributed by atoms with Crippen molar-refractivity contribution in [3.05, 3.63) is 42.1 Å². The first-order valence-electron chi connectivity index (χ1n) is 6.17. The van der Waals surface area contributed by atoms with E-state index in [0.717, 1.165) is 16.5 Å². The standard InChI is InChI=1S/C14H17N3O2/c15-13(18)10-19-8-7-16-9-12-4-1-3-11-5-2-6-17-14(11)12/h1-6,16H,7-10H2,(H2,15,18). The minimum absolute atomic E-state index is 0.0303. The second-order valence-corrected chi connectivity index (χ2v) is 4.19. The van der Waals surface area contributed by atoms with Gasteiger partial charge in [0.1, 0.15) is 6.61 Å². The average molecular weight is 259 g/mol. The van der Waals surface area contributed by atoms with Crippen LogP contribution in [-0.2, 0) is 16.1 Å². The van der Waals surface area contributed by atoms with E-state index < -0.39 is 5.91 Å². The molecule has 2 rings (SSSR count). The normalized spacial score (nSPS) is 10.7. The number of hydrogen-bond acceptors (Lipinski definition) is 4. The summed E-state index contributed by atoms with van der Waals surface area (Å²) in [6.45, 7) is 1.81. The number of fused-ring (bicyclic) bond motifs is 1. The molecule has 0 aliphatic heterocycles. The predicted octanol–water partition coefficient (Wildman–Crippen LogP) is 0.826. The monoisotopic (exact) mass is 259 g/mol. The molecule has 5 nitrogen and oxygen atoms in total. The van der Waals surface area contributed by atoms with E-state index in [1.807, 2.05) is 30.3 Å². The summed E-state index contributed by atoms with van der Waals surface area (Å²) in [5, 5.41) is 4.38. The Hall–Kier alpha value is -1.98. The van der Waals surface area contributed by atoms with Gasteiger partial charge in [-0.15, -0.1) is 0 Å². The Labute approximate surface area is 111 Å². The molecule has 0 unspecified atom stereocenters. The maximum atomic E-state index is 10.5. The quantitative estimate of drug-likeness (QED) is 0.722. The molecular weight excluding hydrogens is 242 g/mol. The molecule has 100 valence electrons. The van der Waals surface area contributed by atoms with Crippen molar-refractivity contribution in [2.45, 2.75) is 6.54 Å². The lowest BCUT2D eigenvalue weighted by molar-refractivity contribution is -0.122.